The second-order valence-electron chi connectivity index (χ2n) is 6.21. The number of esters is 1. The van der Waals surface area contributed by atoms with Crippen molar-refractivity contribution in [2.45, 2.75) is 6.42 Å². The Morgan fingerprint density at radius 3 is 2.50 bits per heavy atom. The number of benzene rings is 1. The highest BCUT2D eigenvalue weighted by atomic mass is 16.5. The van der Waals surface area contributed by atoms with Crippen LogP contribution in [0.3, 0.4) is 0 Å². The summed E-state index contributed by atoms with van der Waals surface area (Å²) in [7, 11) is 1.37. The lowest BCUT2D eigenvalue weighted by molar-refractivity contribution is 0.0599. The van der Waals surface area contributed by atoms with Gasteiger partial charge in [-0.05, 0) is 41.5 Å². The van der Waals surface area contributed by atoms with Crippen LogP contribution in [0, 0.1) is 0 Å². The van der Waals surface area contributed by atoms with E-state index in [4.69, 9.17) is 9.84 Å². The number of aromatic nitrogens is 4. The van der Waals surface area contributed by atoms with Crippen molar-refractivity contribution in [2.24, 2.45) is 0 Å². The van der Waals surface area contributed by atoms with Crippen LogP contribution >= 0.6 is 0 Å². The van der Waals surface area contributed by atoms with Crippen molar-refractivity contribution in [1.29, 1.82) is 0 Å². The van der Waals surface area contributed by atoms with E-state index in [1.165, 1.54) is 7.11 Å². The van der Waals surface area contributed by atoms with Crippen molar-refractivity contribution in [3.63, 3.8) is 0 Å². The Bertz CT molecular complexity index is 1090. The van der Waals surface area contributed by atoms with Crippen LogP contribution in [0.4, 0.5) is 0 Å². The van der Waals surface area contributed by atoms with Crippen LogP contribution in [-0.4, -0.2) is 32.8 Å². The summed E-state index contributed by atoms with van der Waals surface area (Å²) in [6.07, 6.45) is 9.22. The number of carbonyl (C=O) groups is 1. The largest absolute Gasteiger partial charge is 0.465 e. The molecule has 0 aliphatic heterocycles. The van der Waals surface area contributed by atoms with E-state index in [0.29, 0.717) is 12.0 Å². The van der Waals surface area contributed by atoms with E-state index in [9.17, 15) is 4.79 Å². The van der Waals surface area contributed by atoms with Gasteiger partial charge in [-0.15, -0.1) is 0 Å². The van der Waals surface area contributed by atoms with E-state index in [2.05, 4.69) is 9.97 Å². The van der Waals surface area contributed by atoms with Gasteiger partial charge in [0, 0.05) is 43.0 Å². The van der Waals surface area contributed by atoms with Gasteiger partial charge in [-0.2, -0.15) is 5.10 Å². The van der Waals surface area contributed by atoms with Crippen LogP contribution in [-0.2, 0) is 11.2 Å². The molecule has 0 bridgehead atoms. The molecule has 3 heterocycles. The molecule has 1 aromatic carbocycles. The Hall–Kier alpha value is -3.80. The number of hydrogen-bond acceptors (Lipinski definition) is 5. The zero-order valence-electron chi connectivity index (χ0n) is 15.3. The molecule has 0 saturated heterocycles. The second-order valence-corrected chi connectivity index (χ2v) is 6.21. The number of rotatable bonds is 5. The normalized spacial score (nSPS) is 10.6. The maximum atomic E-state index is 12.1. The summed E-state index contributed by atoms with van der Waals surface area (Å²) in [5.74, 6) is -0.384. The number of nitrogens with zero attached hydrogens (tertiary/aromatic N) is 4. The minimum Gasteiger partial charge on any atom is -0.465 e. The molecule has 4 aromatic rings. The van der Waals surface area contributed by atoms with E-state index in [0.717, 1.165) is 28.1 Å². The molecule has 3 aromatic heterocycles. The minimum atomic E-state index is -0.384. The molecule has 0 atom stereocenters. The zero-order chi connectivity index (χ0) is 19.3. The third kappa shape index (κ3) is 3.53. The van der Waals surface area contributed by atoms with E-state index in [-0.39, 0.29) is 5.97 Å². The van der Waals surface area contributed by atoms with Gasteiger partial charge in [0.1, 0.15) is 0 Å². The molecule has 0 N–H and O–H groups in total. The number of ether oxygens (including phenoxy) is 1. The van der Waals surface area contributed by atoms with Gasteiger partial charge in [0.25, 0.3) is 0 Å². The smallest absolute Gasteiger partial charge is 0.338 e. The molecular formula is C22H18N4O2. The predicted octanol–water partition coefficient (Wildman–Crippen LogP) is 3.71. The fraction of sp³-hybridized carbons (Fsp3) is 0.0909. The highest BCUT2D eigenvalue weighted by Crippen LogP contribution is 2.27. The number of methoxy groups -OCH3 is 1. The zero-order valence-corrected chi connectivity index (χ0v) is 15.3. The number of carbonyl (C=O) groups excluding carboxylic acids is 1. The van der Waals surface area contributed by atoms with Gasteiger partial charge in [0.15, 0.2) is 0 Å². The summed E-state index contributed by atoms with van der Waals surface area (Å²) in [6.45, 7) is 0. The van der Waals surface area contributed by atoms with E-state index in [1.54, 1.807) is 30.9 Å². The average Bonchev–Trinajstić information content (AvgIpc) is 3.18. The summed E-state index contributed by atoms with van der Waals surface area (Å²) in [5.41, 5.74) is 5.05. The highest BCUT2D eigenvalue weighted by Gasteiger charge is 2.17. The van der Waals surface area contributed by atoms with E-state index in [1.807, 2.05) is 53.3 Å². The predicted molar refractivity (Wildman–Crippen MR) is 105 cm³/mol. The Morgan fingerprint density at radius 2 is 1.75 bits per heavy atom. The Labute approximate surface area is 162 Å². The molecule has 138 valence electrons. The third-order valence-electron chi connectivity index (χ3n) is 4.47. The van der Waals surface area contributed by atoms with Crippen LogP contribution in [0.5, 0.6) is 0 Å². The average molecular weight is 370 g/mol. The summed E-state index contributed by atoms with van der Waals surface area (Å²) in [5, 5.41) is 4.79. The van der Waals surface area contributed by atoms with Gasteiger partial charge in [0.05, 0.1) is 24.1 Å². The van der Waals surface area contributed by atoms with Gasteiger partial charge < -0.3 is 4.74 Å². The quantitative estimate of drug-likeness (QED) is 0.501. The van der Waals surface area contributed by atoms with Gasteiger partial charge in [-0.25, -0.2) is 9.48 Å². The number of para-hydroxylation sites is 1. The maximum absolute atomic E-state index is 12.1. The van der Waals surface area contributed by atoms with Crippen LogP contribution in [0.1, 0.15) is 21.6 Å². The Balaban J connectivity index is 1.80. The molecule has 6 nitrogen and oxygen atoms in total. The molecule has 4 rings (SSSR count). The molecule has 28 heavy (non-hydrogen) atoms. The summed E-state index contributed by atoms with van der Waals surface area (Å²) >= 11 is 0. The lowest BCUT2D eigenvalue weighted by Gasteiger charge is -2.07. The number of pyridine rings is 2. The van der Waals surface area contributed by atoms with Crippen LogP contribution in [0.25, 0.3) is 16.8 Å². The highest BCUT2D eigenvalue weighted by molar-refractivity contribution is 5.91. The monoisotopic (exact) mass is 370 g/mol. The Kier molecular flexibility index (Phi) is 4.93. The molecule has 6 heteroatoms. The van der Waals surface area contributed by atoms with E-state index < -0.39 is 0 Å². The molecule has 0 aliphatic carbocycles. The first-order valence-corrected chi connectivity index (χ1v) is 8.82. The molecule has 0 amide bonds. The van der Waals surface area contributed by atoms with Crippen LogP contribution < -0.4 is 0 Å². The SMILES string of the molecule is COC(=O)c1ccncc1Cc1nn(-c2ccccc2)cc1-c1ccncc1. The summed E-state index contributed by atoms with van der Waals surface area (Å²) in [6, 6.07) is 15.5. The first-order valence-electron chi connectivity index (χ1n) is 8.82. The van der Waals surface area contributed by atoms with Gasteiger partial charge in [-0.3, -0.25) is 9.97 Å². The van der Waals surface area contributed by atoms with Crippen molar-refractivity contribution in [2.75, 3.05) is 7.11 Å². The van der Waals surface area contributed by atoms with Gasteiger partial charge >= 0.3 is 5.97 Å². The second kappa shape index (κ2) is 7.84. The molecular weight excluding hydrogens is 352 g/mol. The number of hydrogen-bond donors (Lipinski definition) is 0. The molecule has 0 spiro atoms. The van der Waals surface area contributed by atoms with Crippen molar-refractivity contribution >= 4 is 5.97 Å². The molecule has 0 saturated carbocycles. The van der Waals surface area contributed by atoms with Gasteiger partial charge in [0.2, 0.25) is 0 Å². The van der Waals surface area contributed by atoms with Crippen LogP contribution in [0.2, 0.25) is 0 Å². The fourth-order valence-electron chi connectivity index (χ4n) is 3.08. The van der Waals surface area contributed by atoms with Crippen molar-refractivity contribution in [1.82, 2.24) is 19.7 Å². The Morgan fingerprint density at radius 1 is 1.00 bits per heavy atom. The van der Waals surface area contributed by atoms with Crippen LogP contribution in [0.15, 0.2) is 79.5 Å². The molecule has 0 fully saturated rings. The van der Waals surface area contributed by atoms with Crippen molar-refractivity contribution in [3.8, 4) is 16.8 Å². The standard InChI is InChI=1S/C22H18N4O2/c1-28-22(27)19-9-12-24-14-17(19)13-21-20(16-7-10-23-11-8-16)15-26(25-21)18-5-3-2-4-6-18/h2-12,14-15H,13H2,1H3. The molecule has 0 unspecified atom stereocenters. The summed E-state index contributed by atoms with van der Waals surface area (Å²) < 4.78 is 6.75. The maximum Gasteiger partial charge on any atom is 0.338 e. The first-order chi connectivity index (χ1) is 13.8. The minimum absolute atomic E-state index is 0.384. The fourth-order valence-corrected chi connectivity index (χ4v) is 3.08. The van der Waals surface area contributed by atoms with E-state index >= 15 is 0 Å². The third-order valence-corrected chi connectivity index (χ3v) is 4.47. The molecule has 0 aliphatic rings. The summed E-state index contributed by atoms with van der Waals surface area (Å²) in [4.78, 5) is 20.4. The van der Waals surface area contributed by atoms with Crippen molar-refractivity contribution < 1.29 is 9.53 Å². The first kappa shape index (κ1) is 17.6. The molecule has 0 radical (unpaired) electrons. The van der Waals surface area contributed by atoms with Crippen molar-refractivity contribution in [3.05, 3.63) is 96.3 Å². The lowest BCUT2D eigenvalue weighted by Crippen LogP contribution is -2.07. The van der Waals surface area contributed by atoms with Gasteiger partial charge in [-0.1, -0.05) is 18.2 Å². The topological polar surface area (TPSA) is 69.9 Å². The lowest BCUT2D eigenvalue weighted by atomic mass is 10.0.